The zero-order valence-electron chi connectivity index (χ0n) is 16.6. The van der Waals surface area contributed by atoms with Gasteiger partial charge in [-0.25, -0.2) is 8.42 Å². The van der Waals surface area contributed by atoms with Crippen molar-refractivity contribution in [3.8, 4) is 0 Å². The smallest absolute Gasteiger partial charge is 0.261 e. The first-order chi connectivity index (χ1) is 13.1. The number of rotatable bonds is 6. The number of allylic oxidation sites excluding steroid dienone is 2. The van der Waals surface area contributed by atoms with Gasteiger partial charge in [0.25, 0.3) is 10.0 Å². The molecule has 5 nitrogen and oxygen atoms in total. The number of carbonyl (C=O) groups excluding carboxylic acids is 1. The Hall–Kier alpha value is -2.60. The molecule has 3 rings (SSSR count). The highest BCUT2D eigenvalue weighted by Crippen LogP contribution is 2.59. The molecule has 28 heavy (non-hydrogen) atoms. The predicted molar refractivity (Wildman–Crippen MR) is 113 cm³/mol. The van der Waals surface area contributed by atoms with Crippen molar-refractivity contribution in [3.63, 3.8) is 0 Å². The van der Waals surface area contributed by atoms with Crippen molar-refractivity contribution >= 4 is 27.3 Å². The number of carbonyl (C=O) groups is 1. The molecule has 2 aromatic carbocycles. The van der Waals surface area contributed by atoms with Crippen LogP contribution in [0.1, 0.15) is 27.7 Å². The molecule has 0 saturated heterocycles. The van der Waals surface area contributed by atoms with Crippen molar-refractivity contribution in [2.24, 2.45) is 17.3 Å². The maximum atomic E-state index is 12.9. The fourth-order valence-corrected chi connectivity index (χ4v) is 4.64. The molecule has 1 fully saturated rings. The van der Waals surface area contributed by atoms with Gasteiger partial charge in [-0.2, -0.15) is 0 Å². The fourth-order valence-electron chi connectivity index (χ4n) is 3.54. The van der Waals surface area contributed by atoms with Crippen LogP contribution in [0.2, 0.25) is 0 Å². The van der Waals surface area contributed by atoms with Gasteiger partial charge in [0.1, 0.15) is 0 Å². The fraction of sp³-hybridized carbons (Fsp3) is 0.318. The summed E-state index contributed by atoms with van der Waals surface area (Å²) in [5, 5.41) is 2.91. The van der Waals surface area contributed by atoms with Crippen LogP contribution in [0.3, 0.4) is 0 Å². The topological polar surface area (TPSA) is 75.3 Å². The third kappa shape index (κ3) is 4.12. The molecular weight excluding hydrogens is 372 g/mol. The molecule has 0 heterocycles. The predicted octanol–water partition coefficient (Wildman–Crippen LogP) is 4.66. The van der Waals surface area contributed by atoms with Crippen LogP contribution in [0.5, 0.6) is 0 Å². The van der Waals surface area contributed by atoms with E-state index in [0.717, 1.165) is 0 Å². The van der Waals surface area contributed by atoms with Crippen molar-refractivity contribution in [2.75, 3.05) is 10.0 Å². The number of anilines is 2. The summed E-state index contributed by atoms with van der Waals surface area (Å²) < 4.78 is 27.8. The number of amides is 1. The van der Waals surface area contributed by atoms with E-state index < -0.39 is 10.0 Å². The first kappa shape index (κ1) is 20.1. The van der Waals surface area contributed by atoms with Gasteiger partial charge in [-0.15, -0.1) is 0 Å². The normalized spacial score (nSPS) is 20.1. The summed E-state index contributed by atoms with van der Waals surface area (Å²) in [6.45, 7) is 8.20. The average Bonchev–Trinajstić information content (AvgIpc) is 3.16. The van der Waals surface area contributed by atoms with Gasteiger partial charge in [-0.1, -0.05) is 55.8 Å². The van der Waals surface area contributed by atoms with Crippen molar-refractivity contribution in [2.45, 2.75) is 32.6 Å². The van der Waals surface area contributed by atoms with Crippen LogP contribution in [0.15, 0.2) is 71.1 Å². The molecule has 2 aromatic rings. The molecular formula is C22H26N2O3S. The number of hydrogen-bond acceptors (Lipinski definition) is 3. The molecule has 148 valence electrons. The summed E-state index contributed by atoms with van der Waals surface area (Å²) in [6.07, 6.45) is 2.13. The van der Waals surface area contributed by atoms with E-state index in [1.165, 1.54) is 17.7 Å². The first-order valence-electron chi connectivity index (χ1n) is 9.26. The lowest BCUT2D eigenvalue weighted by atomic mass is 10.1. The van der Waals surface area contributed by atoms with Gasteiger partial charge in [-0.3, -0.25) is 9.52 Å². The van der Waals surface area contributed by atoms with E-state index in [0.29, 0.717) is 11.4 Å². The second-order valence-electron chi connectivity index (χ2n) is 8.02. The van der Waals surface area contributed by atoms with Gasteiger partial charge in [0.15, 0.2) is 0 Å². The minimum Gasteiger partial charge on any atom is -0.324 e. The Morgan fingerprint density at radius 2 is 1.54 bits per heavy atom. The van der Waals surface area contributed by atoms with E-state index in [4.69, 9.17) is 0 Å². The largest absolute Gasteiger partial charge is 0.324 e. The zero-order valence-corrected chi connectivity index (χ0v) is 17.4. The Kier molecular flexibility index (Phi) is 5.35. The molecule has 1 aliphatic carbocycles. The lowest BCUT2D eigenvalue weighted by molar-refractivity contribution is -0.118. The Morgan fingerprint density at radius 1 is 0.964 bits per heavy atom. The summed E-state index contributed by atoms with van der Waals surface area (Å²) in [5.74, 6) is -0.0503. The molecule has 2 unspecified atom stereocenters. The van der Waals surface area contributed by atoms with Crippen molar-refractivity contribution in [1.29, 1.82) is 0 Å². The van der Waals surface area contributed by atoms with Gasteiger partial charge >= 0.3 is 0 Å². The standard InChI is InChI=1S/C22H26N2O3S/c1-15(2)14-17-20(22(17,3)4)21(25)23-18-12-8-9-13-19(18)24-28(26,27)16-10-6-5-7-11-16/h5-14,17,20,24H,1-4H3,(H,23,25). The summed E-state index contributed by atoms with van der Waals surface area (Å²) in [7, 11) is -3.74. The molecule has 6 heteroatoms. The van der Waals surface area contributed by atoms with E-state index in [1.807, 2.05) is 13.8 Å². The highest BCUT2D eigenvalue weighted by atomic mass is 32.2. The Balaban J connectivity index is 1.80. The van der Waals surface area contributed by atoms with Crippen LogP contribution in [-0.4, -0.2) is 14.3 Å². The number of para-hydroxylation sites is 2. The lowest BCUT2D eigenvalue weighted by Crippen LogP contribution is -2.19. The number of benzene rings is 2. The summed E-state index contributed by atoms with van der Waals surface area (Å²) in [5.41, 5.74) is 1.87. The van der Waals surface area contributed by atoms with E-state index in [2.05, 4.69) is 30.0 Å². The summed E-state index contributed by atoms with van der Waals surface area (Å²) >= 11 is 0. The van der Waals surface area contributed by atoms with Crippen molar-refractivity contribution < 1.29 is 13.2 Å². The second-order valence-corrected chi connectivity index (χ2v) is 9.70. The van der Waals surface area contributed by atoms with Crippen molar-refractivity contribution in [3.05, 3.63) is 66.2 Å². The monoisotopic (exact) mass is 398 g/mol. The van der Waals surface area contributed by atoms with Crippen LogP contribution in [0.4, 0.5) is 11.4 Å². The SMILES string of the molecule is CC(C)=CC1C(C(=O)Nc2ccccc2NS(=O)(=O)c2ccccc2)C1(C)C. The molecule has 2 N–H and O–H groups in total. The summed E-state index contributed by atoms with van der Waals surface area (Å²) in [6, 6.07) is 15.0. The third-order valence-corrected chi connectivity index (χ3v) is 6.57. The Labute approximate surface area is 166 Å². The minimum absolute atomic E-state index is 0.0983. The van der Waals surface area contributed by atoms with Crippen LogP contribution in [-0.2, 0) is 14.8 Å². The van der Waals surface area contributed by atoms with Gasteiger partial charge < -0.3 is 5.32 Å². The number of nitrogens with one attached hydrogen (secondary N) is 2. The van der Waals surface area contributed by atoms with Gasteiger partial charge in [0.2, 0.25) is 5.91 Å². The van der Waals surface area contributed by atoms with Gasteiger partial charge in [0, 0.05) is 0 Å². The molecule has 0 spiro atoms. The molecule has 1 aliphatic rings. The molecule has 0 aromatic heterocycles. The molecule has 0 aliphatic heterocycles. The number of sulfonamides is 1. The molecule has 0 radical (unpaired) electrons. The maximum Gasteiger partial charge on any atom is 0.261 e. The minimum atomic E-state index is -3.74. The van der Waals surface area contributed by atoms with E-state index in [-0.39, 0.29) is 28.1 Å². The van der Waals surface area contributed by atoms with Gasteiger partial charge in [-0.05, 0) is 49.4 Å². The van der Waals surface area contributed by atoms with Crippen LogP contribution in [0.25, 0.3) is 0 Å². The van der Waals surface area contributed by atoms with Crippen molar-refractivity contribution in [1.82, 2.24) is 0 Å². The number of hydrogen-bond donors (Lipinski definition) is 2. The van der Waals surface area contributed by atoms with Crippen LogP contribution < -0.4 is 10.0 Å². The molecule has 0 bridgehead atoms. The molecule has 2 atom stereocenters. The third-order valence-electron chi connectivity index (χ3n) is 5.19. The van der Waals surface area contributed by atoms with E-state index >= 15 is 0 Å². The Morgan fingerprint density at radius 3 is 2.14 bits per heavy atom. The van der Waals surface area contributed by atoms with E-state index in [9.17, 15) is 13.2 Å². The highest BCUT2D eigenvalue weighted by Gasteiger charge is 2.60. The maximum absolute atomic E-state index is 12.9. The average molecular weight is 399 g/mol. The zero-order chi connectivity index (χ0) is 20.5. The molecule has 1 saturated carbocycles. The van der Waals surface area contributed by atoms with Crippen LogP contribution in [0, 0.1) is 17.3 Å². The highest BCUT2D eigenvalue weighted by molar-refractivity contribution is 7.92. The first-order valence-corrected chi connectivity index (χ1v) is 10.7. The Bertz CT molecular complexity index is 1010. The van der Waals surface area contributed by atoms with Gasteiger partial charge in [0.05, 0.1) is 22.2 Å². The molecule has 1 amide bonds. The second kappa shape index (κ2) is 7.43. The quantitative estimate of drug-likeness (QED) is 0.695. The van der Waals surface area contributed by atoms with Crippen LogP contribution >= 0.6 is 0 Å². The lowest BCUT2D eigenvalue weighted by Gasteiger charge is -2.14. The summed E-state index contributed by atoms with van der Waals surface area (Å²) in [4.78, 5) is 13.0. The van der Waals surface area contributed by atoms with E-state index in [1.54, 1.807) is 42.5 Å².